The van der Waals surface area contributed by atoms with Crippen LogP contribution in [0.15, 0.2) is 18.2 Å². The van der Waals surface area contributed by atoms with Crippen molar-refractivity contribution in [1.29, 1.82) is 0 Å². The molecule has 0 fully saturated rings. The summed E-state index contributed by atoms with van der Waals surface area (Å²) in [4.78, 5) is 10.9. The van der Waals surface area contributed by atoms with Crippen LogP contribution in [0.1, 0.15) is 18.1 Å². The fourth-order valence-electron chi connectivity index (χ4n) is 2.18. The van der Waals surface area contributed by atoms with Crippen molar-refractivity contribution in [2.75, 3.05) is 19.4 Å². The molecule has 1 atom stereocenters. The molecule has 0 spiro atoms. The second-order valence-electron chi connectivity index (χ2n) is 5.14. The molecule has 0 amide bonds. The molecule has 116 valence electrons. The van der Waals surface area contributed by atoms with Crippen molar-refractivity contribution in [3.8, 4) is 5.75 Å². The summed E-state index contributed by atoms with van der Waals surface area (Å²) in [7, 11) is -2.30. The van der Waals surface area contributed by atoms with Crippen LogP contribution in [-0.4, -0.2) is 49.2 Å². The van der Waals surface area contributed by atoms with Gasteiger partial charge < -0.3 is 9.84 Å². The van der Waals surface area contributed by atoms with E-state index in [1.807, 2.05) is 18.2 Å². The molecule has 1 aliphatic heterocycles. The molecule has 1 aromatic rings. The maximum Gasteiger partial charge on any atom is 0.321 e. The van der Waals surface area contributed by atoms with Gasteiger partial charge in [-0.2, -0.15) is 4.31 Å². The smallest absolute Gasteiger partial charge is 0.321 e. The minimum absolute atomic E-state index is 0.110. The quantitative estimate of drug-likeness (QED) is 0.843. The van der Waals surface area contributed by atoms with Crippen LogP contribution in [0.2, 0.25) is 0 Å². The fraction of sp³-hybridized carbons (Fsp3) is 0.500. The van der Waals surface area contributed by atoms with Crippen molar-refractivity contribution in [2.24, 2.45) is 0 Å². The van der Waals surface area contributed by atoms with Gasteiger partial charge in [-0.1, -0.05) is 12.1 Å². The number of rotatable bonds is 6. The number of likely N-dealkylation sites (N-methyl/N-ethyl adjacent to an activating group) is 1. The third kappa shape index (κ3) is 3.54. The summed E-state index contributed by atoms with van der Waals surface area (Å²) in [6.07, 6.45) is 1.19. The van der Waals surface area contributed by atoms with Gasteiger partial charge in [0, 0.05) is 13.5 Å². The highest BCUT2D eigenvalue weighted by Gasteiger charge is 2.27. The maximum absolute atomic E-state index is 12.1. The van der Waals surface area contributed by atoms with Gasteiger partial charge in [0.1, 0.15) is 11.8 Å². The number of benzene rings is 1. The Balaban J connectivity index is 2.03. The lowest BCUT2D eigenvalue weighted by Crippen LogP contribution is -2.41. The molecular formula is C14H19NO5S. The molecule has 0 radical (unpaired) electrons. The summed E-state index contributed by atoms with van der Waals surface area (Å²) in [6.45, 7) is 2.02. The van der Waals surface area contributed by atoms with Gasteiger partial charge in [-0.3, -0.25) is 4.79 Å². The Bertz CT molecular complexity index is 641. The third-order valence-corrected chi connectivity index (χ3v) is 5.66. The van der Waals surface area contributed by atoms with Gasteiger partial charge in [-0.05, 0) is 30.5 Å². The molecule has 0 aromatic heterocycles. The average molecular weight is 313 g/mol. The lowest BCUT2D eigenvalue weighted by molar-refractivity contribution is -0.140. The van der Waals surface area contributed by atoms with Crippen LogP contribution in [0.25, 0.3) is 0 Å². The summed E-state index contributed by atoms with van der Waals surface area (Å²) in [5, 5.41) is 8.89. The number of hydrogen-bond acceptors (Lipinski definition) is 4. The van der Waals surface area contributed by atoms with E-state index in [0.717, 1.165) is 27.6 Å². The molecule has 0 saturated heterocycles. The maximum atomic E-state index is 12.1. The van der Waals surface area contributed by atoms with Crippen LogP contribution < -0.4 is 4.74 Å². The van der Waals surface area contributed by atoms with Crippen LogP contribution in [-0.2, 0) is 27.7 Å². The summed E-state index contributed by atoms with van der Waals surface area (Å²) < 4.78 is 30.6. The third-order valence-electron chi connectivity index (χ3n) is 3.74. The normalized spacial score (nSPS) is 15.6. The second kappa shape index (κ2) is 6.03. The van der Waals surface area contributed by atoms with Gasteiger partial charge in [-0.15, -0.1) is 0 Å². The number of nitrogens with zero attached hydrogens (tertiary/aromatic N) is 1. The van der Waals surface area contributed by atoms with Crippen LogP contribution >= 0.6 is 0 Å². The standard InChI is InChI=1S/C14H19NO5S/c1-10(14(16)17)15(2)21(18,19)8-6-11-3-4-13-12(9-11)5-7-20-13/h3-4,9-10H,5-8H2,1-2H3,(H,16,17). The van der Waals surface area contributed by atoms with Gasteiger partial charge in [0.2, 0.25) is 10.0 Å². The van der Waals surface area contributed by atoms with Crippen molar-refractivity contribution >= 4 is 16.0 Å². The second-order valence-corrected chi connectivity index (χ2v) is 7.29. The SMILES string of the molecule is CC(C(=O)O)N(C)S(=O)(=O)CCc1ccc2c(c1)CCO2. The Morgan fingerprint density at radius 1 is 1.48 bits per heavy atom. The van der Waals surface area contributed by atoms with E-state index in [2.05, 4.69) is 0 Å². The Hall–Kier alpha value is -1.60. The van der Waals surface area contributed by atoms with Crippen molar-refractivity contribution < 1.29 is 23.1 Å². The highest BCUT2D eigenvalue weighted by Crippen LogP contribution is 2.26. The van der Waals surface area contributed by atoms with Gasteiger partial charge in [0.05, 0.1) is 12.4 Å². The molecule has 1 heterocycles. The first-order valence-electron chi connectivity index (χ1n) is 6.74. The number of sulfonamides is 1. The van der Waals surface area contributed by atoms with E-state index in [0.29, 0.717) is 13.0 Å². The number of aryl methyl sites for hydroxylation is 1. The van der Waals surface area contributed by atoms with E-state index in [1.54, 1.807) is 0 Å². The zero-order valence-corrected chi connectivity index (χ0v) is 12.9. The molecule has 1 aromatic carbocycles. The average Bonchev–Trinajstić information content (AvgIpc) is 2.90. The van der Waals surface area contributed by atoms with Crippen LogP contribution in [0, 0.1) is 0 Å². The van der Waals surface area contributed by atoms with Crippen molar-refractivity contribution in [2.45, 2.75) is 25.8 Å². The number of fused-ring (bicyclic) bond motifs is 1. The topological polar surface area (TPSA) is 83.9 Å². The Labute approximate surface area is 124 Å². The minimum Gasteiger partial charge on any atom is -0.493 e. The summed E-state index contributed by atoms with van der Waals surface area (Å²) >= 11 is 0. The molecule has 6 nitrogen and oxygen atoms in total. The molecule has 21 heavy (non-hydrogen) atoms. The number of carboxylic acids is 1. The van der Waals surface area contributed by atoms with Crippen molar-refractivity contribution in [3.63, 3.8) is 0 Å². The molecule has 1 unspecified atom stereocenters. The fourth-order valence-corrected chi connectivity index (χ4v) is 3.54. The highest BCUT2D eigenvalue weighted by molar-refractivity contribution is 7.89. The molecule has 7 heteroatoms. The number of carboxylic acid groups (broad SMARTS) is 1. The first-order valence-corrected chi connectivity index (χ1v) is 8.35. The summed E-state index contributed by atoms with van der Waals surface area (Å²) in [5.41, 5.74) is 2.01. The van der Waals surface area contributed by atoms with E-state index in [1.165, 1.54) is 14.0 Å². The molecule has 1 aliphatic rings. The van der Waals surface area contributed by atoms with E-state index in [-0.39, 0.29) is 5.75 Å². The molecule has 0 saturated carbocycles. The van der Waals surface area contributed by atoms with Crippen LogP contribution in [0.4, 0.5) is 0 Å². The lowest BCUT2D eigenvalue weighted by atomic mass is 10.1. The van der Waals surface area contributed by atoms with E-state index >= 15 is 0 Å². The van der Waals surface area contributed by atoms with Gasteiger partial charge >= 0.3 is 5.97 Å². The Morgan fingerprint density at radius 2 is 2.19 bits per heavy atom. The number of carbonyl (C=O) groups is 1. The first-order chi connectivity index (χ1) is 9.81. The van der Waals surface area contributed by atoms with Gasteiger partial charge in [-0.25, -0.2) is 8.42 Å². The van der Waals surface area contributed by atoms with E-state index < -0.39 is 22.0 Å². The molecule has 1 N–H and O–H groups in total. The van der Waals surface area contributed by atoms with Crippen LogP contribution in [0.5, 0.6) is 5.75 Å². The Kier molecular flexibility index (Phi) is 4.53. The van der Waals surface area contributed by atoms with Crippen molar-refractivity contribution in [1.82, 2.24) is 4.31 Å². The Morgan fingerprint density at radius 3 is 2.86 bits per heavy atom. The molecular weight excluding hydrogens is 294 g/mol. The van der Waals surface area contributed by atoms with E-state index in [4.69, 9.17) is 9.84 Å². The zero-order valence-electron chi connectivity index (χ0n) is 12.1. The van der Waals surface area contributed by atoms with Gasteiger partial charge in [0.25, 0.3) is 0 Å². The van der Waals surface area contributed by atoms with Crippen LogP contribution in [0.3, 0.4) is 0 Å². The first kappa shape index (κ1) is 15.8. The zero-order chi connectivity index (χ0) is 15.6. The highest BCUT2D eigenvalue weighted by atomic mass is 32.2. The largest absolute Gasteiger partial charge is 0.493 e. The predicted octanol–water partition coefficient (Wildman–Crippen LogP) is 0.899. The minimum atomic E-state index is -3.60. The van der Waals surface area contributed by atoms with E-state index in [9.17, 15) is 13.2 Å². The molecule has 2 rings (SSSR count). The predicted molar refractivity (Wildman–Crippen MR) is 78.0 cm³/mol. The van der Waals surface area contributed by atoms with Gasteiger partial charge in [0.15, 0.2) is 0 Å². The summed E-state index contributed by atoms with van der Waals surface area (Å²) in [5.74, 6) is -0.408. The molecule has 0 bridgehead atoms. The lowest BCUT2D eigenvalue weighted by Gasteiger charge is -2.21. The number of hydrogen-bond donors (Lipinski definition) is 1. The number of aliphatic carboxylic acids is 1. The monoisotopic (exact) mass is 313 g/mol. The summed E-state index contributed by atoms with van der Waals surface area (Å²) in [6, 6.07) is 4.59. The number of ether oxygens (including phenoxy) is 1. The molecule has 0 aliphatic carbocycles. The van der Waals surface area contributed by atoms with Crippen molar-refractivity contribution in [3.05, 3.63) is 29.3 Å².